The smallest absolute Gasteiger partial charge is 0.124 e. The van der Waals surface area contributed by atoms with Gasteiger partial charge in [-0.15, -0.1) is 0 Å². The molecule has 1 aliphatic rings. The highest BCUT2D eigenvalue weighted by molar-refractivity contribution is 9.10. The molecule has 4 nitrogen and oxygen atoms in total. The summed E-state index contributed by atoms with van der Waals surface area (Å²) in [6.07, 6.45) is 0.155. The van der Waals surface area contributed by atoms with Gasteiger partial charge in [0.2, 0.25) is 0 Å². The lowest BCUT2D eigenvalue weighted by Gasteiger charge is -2.43. The molecule has 1 saturated heterocycles. The van der Waals surface area contributed by atoms with E-state index in [0.29, 0.717) is 0 Å². The van der Waals surface area contributed by atoms with E-state index >= 15 is 0 Å². The number of anilines is 1. The molecule has 0 radical (unpaired) electrons. The number of nitrogens with zero attached hydrogens (tertiary/aromatic N) is 1. The molecular weight excluding hydrogens is 306 g/mol. The molecule has 1 atom stereocenters. The quantitative estimate of drug-likeness (QED) is 0.649. The van der Waals surface area contributed by atoms with Crippen molar-refractivity contribution in [2.75, 3.05) is 18.0 Å². The van der Waals surface area contributed by atoms with Gasteiger partial charge in [-0.1, -0.05) is 15.9 Å². The van der Waals surface area contributed by atoms with Crippen LogP contribution in [0.5, 0.6) is 0 Å². The third kappa shape index (κ3) is 3.28. The van der Waals surface area contributed by atoms with Gasteiger partial charge in [0.25, 0.3) is 0 Å². The maximum atomic E-state index is 7.72. The predicted octanol–water partition coefficient (Wildman–Crippen LogP) is 2.74. The molecular formula is C14H20BrN3O. The molecule has 0 bridgehead atoms. The SMILES string of the molecule is CC1CN(c2cc(Br)ccc2C(=N)N)CC(C)(C)O1. The molecule has 0 spiro atoms. The summed E-state index contributed by atoms with van der Waals surface area (Å²) < 4.78 is 6.91. The van der Waals surface area contributed by atoms with E-state index in [1.807, 2.05) is 18.2 Å². The monoisotopic (exact) mass is 325 g/mol. The minimum absolute atomic E-state index is 0.0967. The van der Waals surface area contributed by atoms with Crippen LogP contribution in [0.2, 0.25) is 0 Å². The van der Waals surface area contributed by atoms with Crippen molar-refractivity contribution in [1.29, 1.82) is 5.41 Å². The number of nitrogens with two attached hydrogens (primary N) is 1. The van der Waals surface area contributed by atoms with Crippen LogP contribution in [0.15, 0.2) is 22.7 Å². The average Bonchev–Trinajstić information content (AvgIpc) is 2.25. The second-order valence-electron chi connectivity index (χ2n) is 5.64. The molecule has 1 aromatic carbocycles. The maximum absolute atomic E-state index is 7.72. The van der Waals surface area contributed by atoms with Crippen LogP contribution < -0.4 is 10.6 Å². The highest BCUT2D eigenvalue weighted by Gasteiger charge is 2.32. The molecule has 19 heavy (non-hydrogen) atoms. The van der Waals surface area contributed by atoms with Gasteiger partial charge in [0.05, 0.1) is 11.7 Å². The lowest BCUT2D eigenvalue weighted by molar-refractivity contribution is -0.0749. The number of hydrogen-bond donors (Lipinski definition) is 2. The molecule has 104 valence electrons. The third-order valence-corrected chi connectivity index (χ3v) is 3.65. The second kappa shape index (κ2) is 5.13. The van der Waals surface area contributed by atoms with Crippen molar-refractivity contribution >= 4 is 27.5 Å². The van der Waals surface area contributed by atoms with Crippen LogP contribution >= 0.6 is 15.9 Å². The first-order valence-electron chi connectivity index (χ1n) is 6.35. The van der Waals surface area contributed by atoms with Crippen molar-refractivity contribution in [2.24, 2.45) is 5.73 Å². The maximum Gasteiger partial charge on any atom is 0.124 e. The van der Waals surface area contributed by atoms with Crippen LogP contribution in [-0.2, 0) is 4.74 Å². The lowest BCUT2D eigenvalue weighted by Crippen LogP contribution is -2.52. The Balaban J connectivity index is 2.40. The summed E-state index contributed by atoms with van der Waals surface area (Å²) in [5.41, 5.74) is 7.25. The van der Waals surface area contributed by atoms with Crippen LogP contribution in [-0.4, -0.2) is 30.6 Å². The molecule has 2 rings (SSSR count). The molecule has 1 unspecified atom stereocenters. The first-order chi connectivity index (χ1) is 8.78. The summed E-state index contributed by atoms with van der Waals surface area (Å²) in [4.78, 5) is 2.25. The van der Waals surface area contributed by atoms with Crippen LogP contribution in [0.3, 0.4) is 0 Å². The van der Waals surface area contributed by atoms with E-state index in [9.17, 15) is 0 Å². The van der Waals surface area contributed by atoms with Gasteiger partial charge in [0.1, 0.15) is 5.84 Å². The Hall–Kier alpha value is -1.07. The van der Waals surface area contributed by atoms with E-state index in [-0.39, 0.29) is 17.5 Å². The van der Waals surface area contributed by atoms with E-state index in [1.165, 1.54) is 0 Å². The summed E-state index contributed by atoms with van der Waals surface area (Å²) in [7, 11) is 0. The minimum atomic E-state index is -0.200. The first-order valence-corrected chi connectivity index (χ1v) is 7.14. The standard InChI is InChI=1S/C14H20BrN3O/c1-9-7-18(8-14(2,3)19-9)12-6-10(15)4-5-11(12)13(16)17/h4-6,9H,7-8H2,1-3H3,(H3,16,17). The largest absolute Gasteiger partial charge is 0.384 e. The Morgan fingerprint density at radius 2 is 2.21 bits per heavy atom. The molecule has 3 N–H and O–H groups in total. The number of nitrogen functional groups attached to an aromatic ring is 1. The molecule has 5 heteroatoms. The van der Waals surface area contributed by atoms with Crippen LogP contribution in [0.4, 0.5) is 5.69 Å². The van der Waals surface area contributed by atoms with Gasteiger partial charge < -0.3 is 15.4 Å². The fraction of sp³-hybridized carbons (Fsp3) is 0.500. The first kappa shape index (κ1) is 14.3. The molecule has 1 aliphatic heterocycles. The number of benzene rings is 1. The summed E-state index contributed by atoms with van der Waals surface area (Å²) >= 11 is 3.49. The predicted molar refractivity (Wildman–Crippen MR) is 82.0 cm³/mol. The third-order valence-electron chi connectivity index (χ3n) is 3.16. The normalized spacial score (nSPS) is 22.3. The van der Waals surface area contributed by atoms with Gasteiger partial charge in [0, 0.05) is 28.8 Å². The molecule has 0 saturated carbocycles. The van der Waals surface area contributed by atoms with Gasteiger partial charge in [0.15, 0.2) is 0 Å². The molecule has 1 fully saturated rings. The summed E-state index contributed by atoms with van der Waals surface area (Å²) in [6, 6.07) is 5.81. The highest BCUT2D eigenvalue weighted by Crippen LogP contribution is 2.30. The van der Waals surface area contributed by atoms with Crippen molar-refractivity contribution in [2.45, 2.75) is 32.5 Å². The molecule has 1 heterocycles. The molecule has 1 aromatic rings. The van der Waals surface area contributed by atoms with Crippen LogP contribution in [0.1, 0.15) is 26.3 Å². The van der Waals surface area contributed by atoms with Crippen molar-refractivity contribution in [1.82, 2.24) is 0 Å². The Kier molecular flexibility index (Phi) is 3.87. The number of morpholine rings is 1. The van der Waals surface area contributed by atoms with E-state index < -0.39 is 0 Å². The van der Waals surface area contributed by atoms with Crippen LogP contribution in [0.25, 0.3) is 0 Å². The van der Waals surface area contributed by atoms with E-state index in [4.69, 9.17) is 15.9 Å². The topological polar surface area (TPSA) is 62.3 Å². The number of ether oxygens (including phenoxy) is 1. The summed E-state index contributed by atoms with van der Waals surface area (Å²) in [6.45, 7) is 7.83. The van der Waals surface area contributed by atoms with Gasteiger partial charge in [-0.2, -0.15) is 0 Å². The van der Waals surface area contributed by atoms with Crippen molar-refractivity contribution in [3.63, 3.8) is 0 Å². The van der Waals surface area contributed by atoms with Crippen molar-refractivity contribution in [3.05, 3.63) is 28.2 Å². The summed E-state index contributed by atoms with van der Waals surface area (Å²) in [5, 5.41) is 7.72. The Labute approximate surface area is 122 Å². The highest BCUT2D eigenvalue weighted by atomic mass is 79.9. The number of halogens is 1. The molecule has 0 amide bonds. The average molecular weight is 326 g/mol. The van der Waals surface area contributed by atoms with Crippen molar-refractivity contribution < 1.29 is 4.74 Å². The lowest BCUT2D eigenvalue weighted by atomic mass is 10.0. The van der Waals surface area contributed by atoms with E-state index in [2.05, 4.69) is 41.6 Å². The van der Waals surface area contributed by atoms with E-state index in [0.717, 1.165) is 28.8 Å². The minimum Gasteiger partial charge on any atom is -0.384 e. The Morgan fingerprint density at radius 1 is 1.53 bits per heavy atom. The second-order valence-corrected chi connectivity index (χ2v) is 6.56. The zero-order valence-corrected chi connectivity index (χ0v) is 13.1. The van der Waals surface area contributed by atoms with Gasteiger partial charge in [-0.3, -0.25) is 5.41 Å². The number of amidine groups is 1. The number of nitrogens with one attached hydrogen (secondary N) is 1. The Bertz CT molecular complexity index is 501. The fourth-order valence-corrected chi connectivity index (χ4v) is 2.98. The number of rotatable bonds is 2. The number of hydrogen-bond acceptors (Lipinski definition) is 3. The zero-order valence-electron chi connectivity index (χ0n) is 11.5. The zero-order chi connectivity index (χ0) is 14.2. The van der Waals surface area contributed by atoms with Gasteiger partial charge in [-0.05, 0) is 39.0 Å². The molecule has 0 aromatic heterocycles. The fourth-order valence-electron chi connectivity index (χ4n) is 2.63. The van der Waals surface area contributed by atoms with Gasteiger partial charge >= 0.3 is 0 Å². The van der Waals surface area contributed by atoms with E-state index in [1.54, 1.807) is 0 Å². The van der Waals surface area contributed by atoms with Gasteiger partial charge in [-0.25, -0.2) is 0 Å². The molecule has 0 aliphatic carbocycles. The van der Waals surface area contributed by atoms with Crippen molar-refractivity contribution in [3.8, 4) is 0 Å². The summed E-state index contributed by atoms with van der Waals surface area (Å²) in [5.74, 6) is 0.0967. The van der Waals surface area contributed by atoms with Crippen LogP contribution in [0, 0.1) is 5.41 Å². The Morgan fingerprint density at radius 3 is 2.79 bits per heavy atom.